The third-order valence-corrected chi connectivity index (χ3v) is 6.48. The fourth-order valence-corrected chi connectivity index (χ4v) is 4.51. The zero-order valence-electron chi connectivity index (χ0n) is 21.0. The Morgan fingerprint density at radius 1 is 1.21 bits per heavy atom. The molecule has 1 saturated heterocycles. The summed E-state index contributed by atoms with van der Waals surface area (Å²) in [5, 5.41) is 12.1. The van der Waals surface area contributed by atoms with Gasteiger partial charge in [-0.25, -0.2) is 4.98 Å². The number of aryl methyl sites for hydroxylation is 1. The molecule has 1 aromatic carbocycles. The summed E-state index contributed by atoms with van der Waals surface area (Å²) in [7, 11) is 1.55. The minimum atomic E-state index is -4.61. The van der Waals surface area contributed by atoms with Crippen molar-refractivity contribution in [2.45, 2.75) is 38.4 Å². The van der Waals surface area contributed by atoms with Crippen LogP contribution in [0.4, 0.5) is 13.2 Å². The summed E-state index contributed by atoms with van der Waals surface area (Å²) in [6.07, 6.45) is -3.19. The Morgan fingerprint density at radius 2 is 1.89 bits per heavy atom. The lowest BCUT2D eigenvalue weighted by Crippen LogP contribution is -2.47. The maximum atomic E-state index is 13.2. The number of halogens is 3. The Balaban J connectivity index is 1.68. The number of hydrogen-bond donors (Lipinski definition) is 3. The molecule has 9 nitrogen and oxygen atoms in total. The lowest BCUT2D eigenvalue weighted by Gasteiger charge is -2.32. The average molecular weight is 535 g/mol. The highest BCUT2D eigenvalue weighted by Gasteiger charge is 2.32. The van der Waals surface area contributed by atoms with Gasteiger partial charge in [-0.2, -0.15) is 13.2 Å². The van der Waals surface area contributed by atoms with Crippen LogP contribution in [0.2, 0.25) is 0 Å². The molecule has 0 aliphatic carbocycles. The molecule has 3 heterocycles. The lowest BCUT2D eigenvalue weighted by molar-refractivity contribution is -0.153. The molecule has 0 unspecified atom stereocenters. The molecule has 0 atom stereocenters. The predicted molar refractivity (Wildman–Crippen MR) is 133 cm³/mol. The molecule has 2 aromatic heterocycles. The Morgan fingerprint density at radius 3 is 2.47 bits per heavy atom. The molecular weight excluding hydrogens is 505 g/mol. The van der Waals surface area contributed by atoms with Crippen molar-refractivity contribution in [1.82, 2.24) is 20.2 Å². The Kier molecular flexibility index (Phi) is 8.10. The van der Waals surface area contributed by atoms with Crippen LogP contribution in [0.5, 0.6) is 11.5 Å². The number of rotatable bonds is 8. The molecule has 0 saturated carbocycles. The molecule has 3 N–H and O–H groups in total. The second kappa shape index (κ2) is 11.3. The standard InChI is InChI=1S/C26H29F3N4O5/c1-3-20-18(15-4-6-17(37-2)7-5-15)12-19-23(38-14-26(27,28)29)22(32-24(19)31-20)25(36)30-16-8-10-33(11-9-16)21(35)13-34/h4-7,12,16,34H,3,8-11,13-14H2,1-2H3,(H,30,36)(H,31,32). The second-order valence-corrected chi connectivity index (χ2v) is 8.98. The smallest absolute Gasteiger partial charge is 0.422 e. The van der Waals surface area contributed by atoms with Crippen LogP contribution in [0.1, 0.15) is 35.9 Å². The topological polar surface area (TPSA) is 117 Å². The maximum Gasteiger partial charge on any atom is 0.422 e. The van der Waals surface area contributed by atoms with Gasteiger partial charge in [-0.3, -0.25) is 9.59 Å². The van der Waals surface area contributed by atoms with Crippen molar-refractivity contribution in [2.24, 2.45) is 0 Å². The van der Waals surface area contributed by atoms with Gasteiger partial charge in [0.15, 0.2) is 12.4 Å². The van der Waals surface area contributed by atoms with Crippen molar-refractivity contribution >= 4 is 22.8 Å². The predicted octanol–water partition coefficient (Wildman–Crippen LogP) is 3.46. The van der Waals surface area contributed by atoms with E-state index in [-0.39, 0.29) is 28.5 Å². The van der Waals surface area contributed by atoms with Gasteiger partial charge in [0.2, 0.25) is 5.91 Å². The molecular formula is C26H29F3N4O5. The summed E-state index contributed by atoms with van der Waals surface area (Å²) in [4.78, 5) is 33.9. The normalized spacial score (nSPS) is 14.5. The third-order valence-electron chi connectivity index (χ3n) is 6.48. The summed E-state index contributed by atoms with van der Waals surface area (Å²) >= 11 is 0. The summed E-state index contributed by atoms with van der Waals surface area (Å²) in [6, 6.07) is 8.57. The van der Waals surface area contributed by atoms with Crippen LogP contribution >= 0.6 is 0 Å². The van der Waals surface area contributed by atoms with E-state index in [1.807, 2.05) is 19.1 Å². The van der Waals surface area contributed by atoms with Crippen LogP contribution in [-0.4, -0.2) is 77.4 Å². The van der Waals surface area contributed by atoms with Crippen LogP contribution < -0.4 is 14.8 Å². The average Bonchev–Trinajstić information content (AvgIpc) is 3.28. The van der Waals surface area contributed by atoms with E-state index in [1.165, 1.54) is 4.90 Å². The van der Waals surface area contributed by atoms with Crippen molar-refractivity contribution in [2.75, 3.05) is 33.4 Å². The van der Waals surface area contributed by atoms with Gasteiger partial charge in [0.1, 0.15) is 23.7 Å². The number of H-pyrrole nitrogens is 1. The summed E-state index contributed by atoms with van der Waals surface area (Å²) < 4.78 is 49.7. The van der Waals surface area contributed by atoms with Gasteiger partial charge >= 0.3 is 6.18 Å². The van der Waals surface area contributed by atoms with Gasteiger partial charge in [-0.05, 0) is 43.0 Å². The number of fused-ring (bicyclic) bond motifs is 1. The summed E-state index contributed by atoms with van der Waals surface area (Å²) in [5.41, 5.74) is 2.27. The molecule has 12 heteroatoms. The number of pyridine rings is 1. The highest BCUT2D eigenvalue weighted by Crippen LogP contribution is 2.36. The first kappa shape index (κ1) is 27.2. The van der Waals surface area contributed by atoms with Crippen LogP contribution in [0.25, 0.3) is 22.2 Å². The first-order chi connectivity index (χ1) is 18.1. The first-order valence-corrected chi connectivity index (χ1v) is 12.2. The third kappa shape index (κ3) is 6.01. The van der Waals surface area contributed by atoms with Gasteiger partial charge in [-0.1, -0.05) is 19.1 Å². The molecule has 38 heavy (non-hydrogen) atoms. The van der Waals surface area contributed by atoms with E-state index in [0.717, 1.165) is 5.56 Å². The number of ether oxygens (including phenoxy) is 2. The molecule has 1 fully saturated rings. The van der Waals surface area contributed by atoms with Crippen molar-refractivity contribution in [3.63, 3.8) is 0 Å². The quantitative estimate of drug-likeness (QED) is 0.408. The highest BCUT2D eigenvalue weighted by molar-refractivity contribution is 6.03. The van der Waals surface area contributed by atoms with Gasteiger partial charge < -0.3 is 29.8 Å². The van der Waals surface area contributed by atoms with Crippen molar-refractivity contribution in [3.05, 3.63) is 41.7 Å². The van der Waals surface area contributed by atoms with Crippen LogP contribution in [0, 0.1) is 0 Å². The first-order valence-electron chi connectivity index (χ1n) is 12.2. The Hall–Kier alpha value is -3.80. The number of benzene rings is 1. The Labute approximate surface area is 216 Å². The summed E-state index contributed by atoms with van der Waals surface area (Å²) in [5.74, 6) is -0.593. The lowest BCUT2D eigenvalue weighted by atomic mass is 10.0. The number of nitrogens with zero attached hydrogens (tertiary/aromatic N) is 2. The zero-order chi connectivity index (χ0) is 27.4. The molecule has 2 amide bonds. The van der Waals surface area contributed by atoms with Crippen LogP contribution in [0.15, 0.2) is 30.3 Å². The number of aliphatic hydroxyl groups is 1. The SMILES string of the molecule is CCc1nc2[nH]c(C(=O)NC3CCN(C(=O)CO)CC3)c(OCC(F)(F)F)c2cc1-c1ccc(OC)cc1. The number of hydrogen-bond acceptors (Lipinski definition) is 6. The number of carbonyl (C=O) groups is 2. The van der Waals surface area contributed by atoms with Crippen molar-refractivity contribution in [3.8, 4) is 22.6 Å². The fraction of sp³-hybridized carbons (Fsp3) is 0.423. The van der Waals surface area contributed by atoms with Gasteiger partial charge in [0.25, 0.3) is 5.91 Å². The van der Waals surface area contributed by atoms with E-state index >= 15 is 0 Å². The molecule has 1 aliphatic heterocycles. The van der Waals surface area contributed by atoms with E-state index in [0.29, 0.717) is 49.4 Å². The number of nitrogens with one attached hydrogen (secondary N) is 2. The largest absolute Gasteiger partial charge is 0.497 e. The molecule has 3 aromatic rings. The number of methoxy groups -OCH3 is 1. The number of likely N-dealkylation sites (tertiary alicyclic amines) is 1. The number of piperidine rings is 1. The Bertz CT molecular complexity index is 1300. The van der Waals surface area contributed by atoms with E-state index in [9.17, 15) is 22.8 Å². The second-order valence-electron chi connectivity index (χ2n) is 8.98. The minimum Gasteiger partial charge on any atom is -0.497 e. The molecule has 1 aliphatic rings. The number of carbonyl (C=O) groups excluding carboxylic acids is 2. The fourth-order valence-electron chi connectivity index (χ4n) is 4.51. The van der Waals surface area contributed by atoms with E-state index in [4.69, 9.17) is 14.6 Å². The van der Waals surface area contributed by atoms with Gasteiger partial charge in [0, 0.05) is 24.7 Å². The van der Waals surface area contributed by atoms with Crippen LogP contribution in [0.3, 0.4) is 0 Å². The van der Waals surface area contributed by atoms with Crippen molar-refractivity contribution < 1.29 is 37.3 Å². The maximum absolute atomic E-state index is 13.2. The molecule has 204 valence electrons. The number of amides is 2. The van der Waals surface area contributed by atoms with E-state index in [1.54, 1.807) is 25.3 Å². The molecule has 4 rings (SSSR count). The monoisotopic (exact) mass is 534 g/mol. The van der Waals surface area contributed by atoms with Gasteiger partial charge in [-0.15, -0.1) is 0 Å². The number of aliphatic hydroxyl groups excluding tert-OH is 1. The number of alkyl halides is 3. The molecule has 0 bridgehead atoms. The number of aromatic nitrogens is 2. The summed E-state index contributed by atoms with van der Waals surface area (Å²) in [6.45, 7) is 0.446. The molecule has 0 spiro atoms. The van der Waals surface area contributed by atoms with Crippen molar-refractivity contribution in [1.29, 1.82) is 0 Å². The highest BCUT2D eigenvalue weighted by atomic mass is 19.4. The van der Waals surface area contributed by atoms with Gasteiger partial charge in [0.05, 0.1) is 18.2 Å². The zero-order valence-corrected chi connectivity index (χ0v) is 21.0. The van der Waals surface area contributed by atoms with E-state index in [2.05, 4.69) is 15.3 Å². The van der Waals surface area contributed by atoms with Crippen LogP contribution in [-0.2, 0) is 11.2 Å². The van der Waals surface area contributed by atoms with E-state index < -0.39 is 31.2 Å². The number of aromatic amines is 1. The minimum absolute atomic E-state index is 0.153. The molecule has 0 radical (unpaired) electrons.